The van der Waals surface area contributed by atoms with E-state index in [9.17, 15) is 10.1 Å². The van der Waals surface area contributed by atoms with Gasteiger partial charge in [0.1, 0.15) is 18.2 Å². The first-order valence-corrected chi connectivity index (χ1v) is 8.10. The fourth-order valence-corrected chi connectivity index (χ4v) is 3.23. The SMILES string of the molecule is N#CCn1cc(/C=C(/C#N)C(=O)NC2CCCC2)c2ccccc21. The van der Waals surface area contributed by atoms with E-state index < -0.39 is 0 Å². The molecule has 3 rings (SSSR count). The van der Waals surface area contributed by atoms with Crippen molar-refractivity contribution in [2.75, 3.05) is 0 Å². The number of rotatable bonds is 4. The maximum Gasteiger partial charge on any atom is 0.262 e. The van der Waals surface area contributed by atoms with E-state index in [0.717, 1.165) is 42.1 Å². The first-order valence-electron chi connectivity index (χ1n) is 8.10. The fraction of sp³-hybridized carbons (Fsp3) is 0.316. The second-order valence-electron chi connectivity index (χ2n) is 6.01. The summed E-state index contributed by atoms with van der Waals surface area (Å²) >= 11 is 0. The van der Waals surface area contributed by atoms with Crippen molar-refractivity contribution in [2.24, 2.45) is 0 Å². The number of carbonyl (C=O) groups is 1. The summed E-state index contributed by atoms with van der Waals surface area (Å²) in [5.41, 5.74) is 1.79. The molecule has 1 fully saturated rings. The van der Waals surface area contributed by atoms with Gasteiger partial charge in [-0.1, -0.05) is 31.0 Å². The first kappa shape index (κ1) is 15.8. The third-order valence-corrected chi connectivity index (χ3v) is 4.42. The molecule has 24 heavy (non-hydrogen) atoms. The number of nitriles is 2. The van der Waals surface area contributed by atoms with E-state index in [2.05, 4.69) is 11.4 Å². The summed E-state index contributed by atoms with van der Waals surface area (Å²) in [6, 6.07) is 12.0. The Labute approximate surface area is 140 Å². The molecule has 120 valence electrons. The predicted molar refractivity (Wildman–Crippen MR) is 91.5 cm³/mol. The van der Waals surface area contributed by atoms with Gasteiger partial charge < -0.3 is 9.88 Å². The smallest absolute Gasteiger partial charge is 0.262 e. The van der Waals surface area contributed by atoms with Gasteiger partial charge in [-0.3, -0.25) is 4.79 Å². The molecule has 0 aliphatic heterocycles. The molecule has 1 aromatic heterocycles. The Hall–Kier alpha value is -3.05. The molecule has 1 aliphatic carbocycles. The Kier molecular flexibility index (Phi) is 4.63. The number of aromatic nitrogens is 1. The van der Waals surface area contributed by atoms with Gasteiger partial charge in [0.25, 0.3) is 5.91 Å². The second-order valence-corrected chi connectivity index (χ2v) is 6.01. The number of amides is 1. The van der Waals surface area contributed by atoms with E-state index in [0.29, 0.717) is 0 Å². The van der Waals surface area contributed by atoms with Crippen LogP contribution in [0.15, 0.2) is 36.0 Å². The number of fused-ring (bicyclic) bond motifs is 1. The van der Waals surface area contributed by atoms with Gasteiger partial charge >= 0.3 is 0 Å². The zero-order valence-corrected chi connectivity index (χ0v) is 13.3. The van der Waals surface area contributed by atoms with E-state index in [-0.39, 0.29) is 24.1 Å². The van der Waals surface area contributed by atoms with Gasteiger partial charge in [0.05, 0.1) is 6.07 Å². The Bertz CT molecular complexity index is 873. The molecule has 1 aromatic carbocycles. The molecule has 0 bridgehead atoms. The number of carbonyl (C=O) groups excluding carboxylic acids is 1. The number of nitrogens with one attached hydrogen (secondary N) is 1. The van der Waals surface area contributed by atoms with Crippen molar-refractivity contribution in [3.05, 3.63) is 41.6 Å². The molecule has 1 N–H and O–H groups in total. The zero-order valence-electron chi connectivity index (χ0n) is 13.3. The Morgan fingerprint density at radius 1 is 1.29 bits per heavy atom. The van der Waals surface area contributed by atoms with Crippen LogP contribution in [0, 0.1) is 22.7 Å². The van der Waals surface area contributed by atoms with Crippen LogP contribution >= 0.6 is 0 Å². The summed E-state index contributed by atoms with van der Waals surface area (Å²) in [5.74, 6) is -0.318. The predicted octanol–water partition coefficient (Wildman–Crippen LogP) is 3.13. The minimum atomic E-state index is -0.318. The molecule has 1 aliphatic rings. The normalized spacial score (nSPS) is 15.2. The van der Waals surface area contributed by atoms with Crippen molar-refractivity contribution in [1.82, 2.24) is 9.88 Å². The molecule has 0 spiro atoms. The molecular weight excluding hydrogens is 300 g/mol. The maximum absolute atomic E-state index is 12.3. The van der Waals surface area contributed by atoms with Crippen molar-refractivity contribution in [3.8, 4) is 12.1 Å². The van der Waals surface area contributed by atoms with Crippen LogP contribution in [-0.4, -0.2) is 16.5 Å². The monoisotopic (exact) mass is 318 g/mol. The van der Waals surface area contributed by atoms with Crippen LogP contribution in [0.5, 0.6) is 0 Å². The van der Waals surface area contributed by atoms with Crippen LogP contribution in [0.3, 0.4) is 0 Å². The van der Waals surface area contributed by atoms with Gasteiger partial charge in [0, 0.05) is 28.7 Å². The summed E-state index contributed by atoms with van der Waals surface area (Å²) in [6.45, 7) is 0.227. The highest BCUT2D eigenvalue weighted by Gasteiger charge is 2.19. The van der Waals surface area contributed by atoms with Gasteiger partial charge in [0.15, 0.2) is 0 Å². The van der Waals surface area contributed by atoms with Crippen LogP contribution < -0.4 is 5.32 Å². The third-order valence-electron chi connectivity index (χ3n) is 4.42. The van der Waals surface area contributed by atoms with E-state index in [1.54, 1.807) is 6.08 Å². The van der Waals surface area contributed by atoms with Crippen molar-refractivity contribution >= 4 is 22.9 Å². The Morgan fingerprint density at radius 2 is 2.04 bits per heavy atom. The van der Waals surface area contributed by atoms with Crippen molar-refractivity contribution in [2.45, 2.75) is 38.3 Å². The molecule has 0 atom stereocenters. The average Bonchev–Trinajstić information content (AvgIpc) is 3.21. The van der Waals surface area contributed by atoms with Gasteiger partial charge in [-0.2, -0.15) is 10.5 Å². The molecule has 0 saturated heterocycles. The standard InChI is InChI=1S/C19H18N4O/c20-9-10-23-13-15(17-7-3-4-8-18(17)23)11-14(12-21)19(24)22-16-5-1-2-6-16/h3-4,7-8,11,13,16H,1-2,5-6,10H2,(H,22,24)/b14-11-. The van der Waals surface area contributed by atoms with Crippen molar-refractivity contribution in [3.63, 3.8) is 0 Å². The number of para-hydroxylation sites is 1. The molecule has 5 heteroatoms. The number of benzene rings is 1. The van der Waals surface area contributed by atoms with Crippen LogP contribution in [0.4, 0.5) is 0 Å². The molecule has 1 heterocycles. The van der Waals surface area contributed by atoms with Crippen LogP contribution in [0.25, 0.3) is 17.0 Å². The third kappa shape index (κ3) is 3.16. The lowest BCUT2D eigenvalue weighted by Gasteiger charge is -2.10. The van der Waals surface area contributed by atoms with E-state index in [4.69, 9.17) is 5.26 Å². The zero-order chi connectivity index (χ0) is 16.9. The second kappa shape index (κ2) is 7.02. The Balaban J connectivity index is 1.93. The molecule has 5 nitrogen and oxygen atoms in total. The summed E-state index contributed by atoms with van der Waals surface area (Å²) in [7, 11) is 0. The lowest BCUT2D eigenvalue weighted by Crippen LogP contribution is -2.33. The molecule has 1 saturated carbocycles. The maximum atomic E-state index is 12.3. The fourth-order valence-electron chi connectivity index (χ4n) is 3.23. The molecule has 1 amide bonds. The van der Waals surface area contributed by atoms with Gasteiger partial charge in [-0.15, -0.1) is 0 Å². The molecule has 0 unspecified atom stereocenters. The summed E-state index contributed by atoms with van der Waals surface area (Å²) in [5, 5.41) is 22.2. The van der Waals surface area contributed by atoms with Gasteiger partial charge in [-0.25, -0.2) is 0 Å². The van der Waals surface area contributed by atoms with Crippen LogP contribution in [0.2, 0.25) is 0 Å². The topological polar surface area (TPSA) is 81.6 Å². The van der Waals surface area contributed by atoms with Crippen molar-refractivity contribution < 1.29 is 4.79 Å². The highest BCUT2D eigenvalue weighted by Crippen LogP contribution is 2.24. The van der Waals surface area contributed by atoms with E-state index in [1.165, 1.54) is 0 Å². The first-order chi connectivity index (χ1) is 11.7. The average molecular weight is 318 g/mol. The molecule has 0 radical (unpaired) electrons. The number of nitrogens with zero attached hydrogens (tertiary/aromatic N) is 3. The van der Waals surface area contributed by atoms with Gasteiger partial charge in [0.2, 0.25) is 0 Å². The summed E-state index contributed by atoms with van der Waals surface area (Å²) in [6.07, 6.45) is 7.63. The van der Waals surface area contributed by atoms with Crippen LogP contribution in [-0.2, 0) is 11.3 Å². The summed E-state index contributed by atoms with van der Waals surface area (Å²) in [4.78, 5) is 12.3. The Morgan fingerprint density at radius 3 is 2.75 bits per heavy atom. The minimum absolute atomic E-state index is 0.0989. The highest BCUT2D eigenvalue weighted by atomic mass is 16.1. The quantitative estimate of drug-likeness (QED) is 0.694. The number of hydrogen-bond acceptors (Lipinski definition) is 3. The minimum Gasteiger partial charge on any atom is -0.349 e. The lowest BCUT2D eigenvalue weighted by molar-refractivity contribution is -0.117. The number of hydrogen-bond donors (Lipinski definition) is 1. The van der Waals surface area contributed by atoms with E-state index in [1.807, 2.05) is 41.1 Å². The summed E-state index contributed by atoms with van der Waals surface area (Å²) < 4.78 is 1.82. The highest BCUT2D eigenvalue weighted by molar-refractivity contribution is 6.04. The van der Waals surface area contributed by atoms with E-state index >= 15 is 0 Å². The molecular formula is C19H18N4O. The molecule has 2 aromatic rings. The van der Waals surface area contributed by atoms with Crippen LogP contribution in [0.1, 0.15) is 31.2 Å². The largest absolute Gasteiger partial charge is 0.349 e. The van der Waals surface area contributed by atoms with Gasteiger partial charge in [-0.05, 0) is 25.0 Å². The van der Waals surface area contributed by atoms with Crippen molar-refractivity contribution in [1.29, 1.82) is 10.5 Å². The lowest BCUT2D eigenvalue weighted by atomic mass is 10.1.